The van der Waals surface area contributed by atoms with Crippen molar-refractivity contribution in [1.82, 2.24) is 10.2 Å². The van der Waals surface area contributed by atoms with E-state index in [4.69, 9.17) is 5.73 Å². The number of allylic oxidation sites excluding steroid dienone is 4. The predicted octanol–water partition coefficient (Wildman–Crippen LogP) is 2.17. The van der Waals surface area contributed by atoms with Gasteiger partial charge in [0.05, 0.1) is 6.04 Å². The molecule has 4 rings (SSSR count). The van der Waals surface area contributed by atoms with Gasteiger partial charge in [-0.2, -0.15) is 0 Å². The van der Waals surface area contributed by atoms with Crippen LogP contribution in [0.1, 0.15) is 58.8 Å². The fourth-order valence-corrected chi connectivity index (χ4v) is 6.34. The molecule has 1 saturated heterocycles. The van der Waals surface area contributed by atoms with Gasteiger partial charge in [0.15, 0.2) is 0 Å². The van der Waals surface area contributed by atoms with Crippen molar-refractivity contribution in [2.45, 2.75) is 70.9 Å². The maximum Gasteiger partial charge on any atom is 0.287 e. The van der Waals surface area contributed by atoms with Crippen LogP contribution in [0.5, 0.6) is 0 Å². The number of carbonyl (C=O) groups excluding carboxylic acids is 5. The average Bonchev–Trinajstić information content (AvgIpc) is 3.38. The van der Waals surface area contributed by atoms with Crippen molar-refractivity contribution in [2.24, 2.45) is 47.2 Å². The average molecular weight is 498 g/mol. The molecule has 3 fully saturated rings. The normalized spacial score (nSPS) is 30.6. The summed E-state index contributed by atoms with van der Waals surface area (Å²) in [7, 11) is 0. The zero-order valence-electron chi connectivity index (χ0n) is 21.3. The molecular weight excluding hydrogens is 458 g/mol. The van der Waals surface area contributed by atoms with Crippen molar-refractivity contribution in [3.8, 4) is 0 Å². The van der Waals surface area contributed by atoms with E-state index in [9.17, 15) is 24.0 Å². The Labute approximate surface area is 213 Å². The van der Waals surface area contributed by atoms with E-state index in [0.717, 1.165) is 32.0 Å². The SMILES string of the molecule is CC(C)[C@@H]1CC(C(=O)NC(CC2CC2)C(=O)C(N)=O)N(C(=O)C(CC=O)C2CC3C=CC=CC3C2)C1. The van der Waals surface area contributed by atoms with Crippen LogP contribution < -0.4 is 11.1 Å². The van der Waals surface area contributed by atoms with Gasteiger partial charge >= 0.3 is 0 Å². The van der Waals surface area contributed by atoms with Crippen molar-refractivity contribution < 1.29 is 24.0 Å². The van der Waals surface area contributed by atoms with Crippen molar-refractivity contribution in [3.05, 3.63) is 24.3 Å². The standard InChI is InChI=1S/C28H39N3O5/c1-16(2)21-14-24(27(35)30-23(11-17-7-8-17)25(33)26(29)34)31(15-21)28(36)22(9-10-32)20-12-18-5-3-4-6-19(18)13-20/h3-6,10,16-24H,7-9,11-15H2,1-2H3,(H2,29,34)(H,30,35)/t18?,19?,20?,21-,22?,23?,24?/m1/s1. The lowest BCUT2D eigenvalue weighted by atomic mass is 9.86. The molecule has 3 amide bonds. The highest BCUT2D eigenvalue weighted by atomic mass is 16.2. The quantitative estimate of drug-likeness (QED) is 0.334. The molecule has 4 aliphatic rings. The molecule has 196 valence electrons. The Morgan fingerprint density at radius 3 is 2.19 bits per heavy atom. The van der Waals surface area contributed by atoms with Gasteiger partial charge in [-0.1, -0.05) is 51.0 Å². The van der Waals surface area contributed by atoms with E-state index in [2.05, 4.69) is 31.3 Å². The third-order valence-electron chi connectivity index (χ3n) is 8.77. The number of fused-ring (bicyclic) bond motifs is 1. The fourth-order valence-electron chi connectivity index (χ4n) is 6.34. The summed E-state index contributed by atoms with van der Waals surface area (Å²) in [5.41, 5.74) is 5.25. The predicted molar refractivity (Wildman–Crippen MR) is 134 cm³/mol. The number of hydrogen-bond acceptors (Lipinski definition) is 5. The summed E-state index contributed by atoms with van der Waals surface area (Å²) >= 11 is 0. The minimum Gasteiger partial charge on any atom is -0.363 e. The van der Waals surface area contributed by atoms with E-state index in [1.807, 2.05) is 12.2 Å². The minimum absolute atomic E-state index is 0.0750. The zero-order valence-corrected chi connectivity index (χ0v) is 21.3. The molecule has 0 spiro atoms. The minimum atomic E-state index is -1.06. The van der Waals surface area contributed by atoms with Gasteiger partial charge < -0.3 is 20.7 Å². The van der Waals surface area contributed by atoms with Crippen LogP contribution in [-0.4, -0.2) is 53.3 Å². The van der Waals surface area contributed by atoms with Crippen LogP contribution in [0.25, 0.3) is 0 Å². The molecule has 6 atom stereocenters. The number of likely N-dealkylation sites (tertiary alicyclic amines) is 1. The summed E-state index contributed by atoms with van der Waals surface area (Å²) in [6, 6.07) is -1.69. The summed E-state index contributed by atoms with van der Waals surface area (Å²) < 4.78 is 0. The fraction of sp³-hybridized carbons (Fsp3) is 0.679. The van der Waals surface area contributed by atoms with Gasteiger partial charge in [0.2, 0.25) is 17.6 Å². The van der Waals surface area contributed by atoms with E-state index >= 15 is 0 Å². The molecule has 2 saturated carbocycles. The molecule has 1 aliphatic heterocycles. The van der Waals surface area contributed by atoms with Crippen LogP contribution in [-0.2, 0) is 24.0 Å². The Balaban J connectivity index is 1.52. The second-order valence-corrected chi connectivity index (χ2v) is 11.6. The molecule has 5 unspecified atom stereocenters. The Morgan fingerprint density at radius 1 is 1.03 bits per heavy atom. The molecule has 0 bridgehead atoms. The zero-order chi connectivity index (χ0) is 26.0. The molecule has 8 nitrogen and oxygen atoms in total. The maximum atomic E-state index is 13.9. The molecule has 0 radical (unpaired) electrons. The summed E-state index contributed by atoms with van der Waals surface area (Å²) in [5, 5.41) is 2.77. The maximum absolute atomic E-state index is 13.9. The number of nitrogens with zero attached hydrogens (tertiary/aromatic N) is 1. The van der Waals surface area contributed by atoms with E-state index in [0.29, 0.717) is 37.1 Å². The number of Topliss-reactive ketones (excluding diaryl/α,β-unsaturated/α-hetero) is 1. The van der Waals surface area contributed by atoms with Crippen molar-refractivity contribution >= 4 is 29.8 Å². The van der Waals surface area contributed by atoms with E-state index < -0.39 is 35.6 Å². The summed E-state index contributed by atoms with van der Waals surface area (Å²) in [5.74, 6) is -1.35. The second kappa shape index (κ2) is 11.1. The third-order valence-corrected chi connectivity index (χ3v) is 8.77. The molecular formula is C28H39N3O5. The first kappa shape index (κ1) is 26.3. The van der Waals surface area contributed by atoms with E-state index in [1.165, 1.54) is 0 Å². The van der Waals surface area contributed by atoms with Crippen LogP contribution >= 0.6 is 0 Å². The Hall–Kier alpha value is -2.77. The first-order valence-corrected chi connectivity index (χ1v) is 13.4. The van der Waals surface area contributed by atoms with Crippen molar-refractivity contribution in [3.63, 3.8) is 0 Å². The second-order valence-electron chi connectivity index (χ2n) is 11.6. The highest BCUT2D eigenvalue weighted by Crippen LogP contribution is 2.45. The van der Waals surface area contributed by atoms with E-state index in [1.54, 1.807) is 4.90 Å². The van der Waals surface area contributed by atoms with Gasteiger partial charge in [0.25, 0.3) is 5.91 Å². The molecule has 0 aromatic carbocycles. The van der Waals surface area contributed by atoms with Gasteiger partial charge in [-0.15, -0.1) is 0 Å². The summed E-state index contributed by atoms with van der Waals surface area (Å²) in [6.45, 7) is 4.59. The van der Waals surface area contributed by atoms with Crippen LogP contribution in [0.4, 0.5) is 0 Å². The van der Waals surface area contributed by atoms with Gasteiger partial charge in [0, 0.05) is 18.9 Å². The van der Waals surface area contributed by atoms with Crippen LogP contribution in [0.15, 0.2) is 24.3 Å². The monoisotopic (exact) mass is 497 g/mol. The van der Waals surface area contributed by atoms with Crippen molar-refractivity contribution in [2.75, 3.05) is 6.54 Å². The number of nitrogens with two attached hydrogens (primary N) is 1. The molecule has 0 aromatic heterocycles. The van der Waals surface area contributed by atoms with Gasteiger partial charge in [0.1, 0.15) is 12.3 Å². The van der Waals surface area contributed by atoms with Gasteiger partial charge in [-0.25, -0.2) is 0 Å². The smallest absolute Gasteiger partial charge is 0.287 e. The van der Waals surface area contributed by atoms with Gasteiger partial charge in [-0.3, -0.25) is 19.2 Å². The number of rotatable bonds is 11. The lowest BCUT2D eigenvalue weighted by molar-refractivity contribution is -0.145. The molecule has 8 heteroatoms. The molecule has 1 heterocycles. The third kappa shape index (κ3) is 5.79. The highest BCUT2D eigenvalue weighted by Gasteiger charge is 2.47. The summed E-state index contributed by atoms with van der Waals surface area (Å²) in [4.78, 5) is 64.7. The Morgan fingerprint density at radius 2 is 1.67 bits per heavy atom. The molecule has 0 aromatic rings. The number of nitrogens with one attached hydrogen (secondary N) is 1. The molecule has 36 heavy (non-hydrogen) atoms. The number of hydrogen-bond donors (Lipinski definition) is 2. The van der Waals surface area contributed by atoms with Crippen LogP contribution in [0, 0.1) is 41.4 Å². The number of amides is 3. The van der Waals surface area contributed by atoms with Crippen LogP contribution in [0.3, 0.4) is 0 Å². The van der Waals surface area contributed by atoms with E-state index in [-0.39, 0.29) is 30.1 Å². The van der Waals surface area contributed by atoms with Gasteiger partial charge in [-0.05, 0) is 61.2 Å². The first-order chi connectivity index (χ1) is 17.2. The molecule has 3 aliphatic carbocycles. The number of primary amides is 1. The number of aldehydes is 1. The van der Waals surface area contributed by atoms with Crippen molar-refractivity contribution in [1.29, 1.82) is 0 Å². The number of carbonyl (C=O) groups is 5. The lowest BCUT2D eigenvalue weighted by Crippen LogP contribution is -2.54. The Kier molecular flexibility index (Phi) is 8.10. The largest absolute Gasteiger partial charge is 0.363 e. The number of ketones is 1. The topological polar surface area (TPSA) is 127 Å². The summed E-state index contributed by atoms with van der Waals surface area (Å²) in [6.07, 6.45) is 13.9. The Bertz CT molecular complexity index is 933. The lowest BCUT2D eigenvalue weighted by Gasteiger charge is -2.31. The molecule has 3 N–H and O–H groups in total. The van der Waals surface area contributed by atoms with Crippen LogP contribution in [0.2, 0.25) is 0 Å². The first-order valence-electron chi connectivity index (χ1n) is 13.4. The highest BCUT2D eigenvalue weighted by molar-refractivity contribution is 6.37.